The second kappa shape index (κ2) is 7.79. The Balaban J connectivity index is 1.68. The zero-order valence-electron chi connectivity index (χ0n) is 13.7. The maximum Gasteiger partial charge on any atom is 0.340 e. The number of ether oxygens (including phenoxy) is 1. The molecule has 0 bridgehead atoms. The van der Waals surface area contributed by atoms with Gasteiger partial charge in [-0.15, -0.1) is 0 Å². The van der Waals surface area contributed by atoms with E-state index in [1.54, 1.807) is 12.1 Å². The monoisotopic (exact) mass is 385 g/mol. The normalized spacial score (nSPS) is 10.4. The van der Waals surface area contributed by atoms with Crippen molar-refractivity contribution in [2.24, 2.45) is 0 Å². The Morgan fingerprint density at radius 3 is 2.67 bits per heavy atom. The molecule has 1 amide bonds. The first-order valence-electron chi connectivity index (χ1n) is 7.65. The van der Waals surface area contributed by atoms with Crippen molar-refractivity contribution < 1.29 is 24.2 Å². The third-order valence-corrected chi connectivity index (χ3v) is 3.87. The second-order valence-corrected chi connectivity index (χ2v) is 5.76. The Kier molecular flexibility index (Phi) is 5.28. The minimum atomic E-state index is -1.16. The zero-order valence-corrected chi connectivity index (χ0v) is 14.4. The molecule has 0 aliphatic rings. The van der Waals surface area contributed by atoms with Crippen LogP contribution in [0, 0.1) is 0 Å². The molecule has 0 radical (unpaired) electrons. The lowest BCUT2D eigenvalue weighted by Gasteiger charge is -2.09. The topological polar surface area (TPSA) is 118 Å². The summed E-state index contributed by atoms with van der Waals surface area (Å²) in [5.74, 6) is -2.56. The van der Waals surface area contributed by atoms with Crippen LogP contribution in [-0.2, 0) is 9.53 Å². The molecule has 0 aliphatic heterocycles. The standard InChI is InChI=1S/C18H12ClN3O5/c19-12-5-4-10(17(24)25)8-14(12)22-15(23)9-27-18(26)11-2-1-3-13-16(11)21-7-6-20-13/h1-8H,9H2,(H,22,23)(H,24,25). The van der Waals surface area contributed by atoms with Gasteiger partial charge in [0.1, 0.15) is 5.52 Å². The number of anilines is 1. The number of rotatable bonds is 5. The molecule has 0 spiro atoms. The van der Waals surface area contributed by atoms with Crippen LogP contribution in [0.1, 0.15) is 20.7 Å². The number of halogens is 1. The average Bonchev–Trinajstić information content (AvgIpc) is 2.67. The van der Waals surface area contributed by atoms with Gasteiger partial charge in [0.15, 0.2) is 6.61 Å². The predicted molar refractivity (Wildman–Crippen MR) is 96.9 cm³/mol. The van der Waals surface area contributed by atoms with Gasteiger partial charge in [-0.2, -0.15) is 0 Å². The van der Waals surface area contributed by atoms with Gasteiger partial charge in [-0.3, -0.25) is 14.8 Å². The van der Waals surface area contributed by atoms with Gasteiger partial charge >= 0.3 is 11.9 Å². The molecule has 9 heteroatoms. The molecular weight excluding hydrogens is 374 g/mol. The highest BCUT2D eigenvalue weighted by atomic mass is 35.5. The van der Waals surface area contributed by atoms with Gasteiger partial charge in [-0.1, -0.05) is 17.7 Å². The van der Waals surface area contributed by atoms with E-state index in [2.05, 4.69) is 15.3 Å². The van der Waals surface area contributed by atoms with Crippen molar-refractivity contribution in [3.8, 4) is 0 Å². The Morgan fingerprint density at radius 2 is 1.89 bits per heavy atom. The van der Waals surface area contributed by atoms with Gasteiger partial charge < -0.3 is 15.2 Å². The number of hydrogen-bond donors (Lipinski definition) is 2. The Labute approximate surface area is 157 Å². The van der Waals surface area contributed by atoms with E-state index in [1.807, 2.05) is 0 Å². The maximum atomic E-state index is 12.3. The molecule has 2 aromatic carbocycles. The molecule has 0 unspecified atom stereocenters. The number of fused-ring (bicyclic) bond motifs is 1. The van der Waals surface area contributed by atoms with Gasteiger partial charge in [-0.05, 0) is 30.3 Å². The summed E-state index contributed by atoms with van der Waals surface area (Å²) in [6, 6.07) is 8.71. The summed E-state index contributed by atoms with van der Waals surface area (Å²) in [6.07, 6.45) is 2.95. The SMILES string of the molecule is O=C(COC(=O)c1cccc2nccnc12)Nc1cc(C(=O)O)ccc1Cl. The average molecular weight is 386 g/mol. The van der Waals surface area contributed by atoms with Gasteiger partial charge in [0.05, 0.1) is 27.4 Å². The Hall–Kier alpha value is -3.52. The van der Waals surface area contributed by atoms with E-state index < -0.39 is 24.5 Å². The molecule has 0 atom stereocenters. The Morgan fingerprint density at radius 1 is 1.11 bits per heavy atom. The van der Waals surface area contributed by atoms with Crippen LogP contribution in [0.15, 0.2) is 48.8 Å². The van der Waals surface area contributed by atoms with Crippen LogP contribution in [0.3, 0.4) is 0 Å². The Bertz CT molecular complexity index is 1050. The van der Waals surface area contributed by atoms with Crippen LogP contribution in [-0.4, -0.2) is 39.5 Å². The molecule has 0 saturated carbocycles. The first kappa shape index (κ1) is 18.3. The molecule has 1 heterocycles. The van der Waals surface area contributed by atoms with Crippen molar-refractivity contribution >= 4 is 46.2 Å². The first-order chi connectivity index (χ1) is 13.0. The van der Waals surface area contributed by atoms with E-state index >= 15 is 0 Å². The lowest BCUT2D eigenvalue weighted by atomic mass is 10.2. The molecule has 3 rings (SSSR count). The number of hydrogen-bond acceptors (Lipinski definition) is 6. The summed E-state index contributed by atoms with van der Waals surface area (Å²) in [5, 5.41) is 11.6. The highest BCUT2D eigenvalue weighted by Crippen LogP contribution is 2.23. The van der Waals surface area contributed by atoms with Gasteiger partial charge in [0, 0.05) is 12.4 Å². The fraction of sp³-hybridized carbons (Fsp3) is 0.0556. The molecule has 1 aromatic heterocycles. The summed E-state index contributed by atoms with van der Waals surface area (Å²) >= 11 is 5.94. The van der Waals surface area contributed by atoms with Crippen molar-refractivity contribution in [1.82, 2.24) is 9.97 Å². The number of aromatic carboxylic acids is 1. The predicted octanol–water partition coefficient (Wildman–Crippen LogP) is 2.78. The van der Waals surface area contributed by atoms with E-state index in [0.717, 1.165) is 0 Å². The molecule has 27 heavy (non-hydrogen) atoms. The van der Waals surface area contributed by atoms with Crippen molar-refractivity contribution in [3.05, 3.63) is 64.9 Å². The van der Waals surface area contributed by atoms with Crippen LogP contribution < -0.4 is 5.32 Å². The summed E-state index contributed by atoms with van der Waals surface area (Å²) < 4.78 is 5.01. The number of para-hydroxylation sites is 1. The van der Waals surface area contributed by atoms with Crippen LogP contribution in [0.25, 0.3) is 11.0 Å². The van der Waals surface area contributed by atoms with Crippen molar-refractivity contribution in [3.63, 3.8) is 0 Å². The third kappa shape index (κ3) is 4.18. The molecular formula is C18H12ClN3O5. The highest BCUT2D eigenvalue weighted by Gasteiger charge is 2.16. The van der Waals surface area contributed by atoms with Crippen molar-refractivity contribution in [2.45, 2.75) is 0 Å². The van der Waals surface area contributed by atoms with E-state index in [0.29, 0.717) is 11.0 Å². The highest BCUT2D eigenvalue weighted by molar-refractivity contribution is 6.33. The summed E-state index contributed by atoms with van der Waals surface area (Å²) in [7, 11) is 0. The van der Waals surface area contributed by atoms with Crippen LogP contribution >= 0.6 is 11.6 Å². The molecule has 0 aliphatic carbocycles. The van der Waals surface area contributed by atoms with Crippen LogP contribution in [0.4, 0.5) is 5.69 Å². The number of carbonyl (C=O) groups excluding carboxylic acids is 2. The van der Waals surface area contributed by atoms with Gasteiger partial charge in [0.2, 0.25) is 0 Å². The number of carboxylic acid groups (broad SMARTS) is 1. The number of nitrogens with one attached hydrogen (secondary N) is 1. The fourth-order valence-corrected chi connectivity index (χ4v) is 2.47. The summed E-state index contributed by atoms with van der Waals surface area (Å²) in [4.78, 5) is 43.5. The first-order valence-corrected chi connectivity index (χ1v) is 8.03. The molecule has 0 saturated heterocycles. The number of carbonyl (C=O) groups is 3. The molecule has 136 valence electrons. The fourth-order valence-electron chi connectivity index (χ4n) is 2.31. The van der Waals surface area contributed by atoms with Crippen LogP contribution in [0.5, 0.6) is 0 Å². The van der Waals surface area contributed by atoms with Crippen molar-refractivity contribution in [2.75, 3.05) is 11.9 Å². The maximum absolute atomic E-state index is 12.3. The van der Waals surface area contributed by atoms with E-state index in [9.17, 15) is 14.4 Å². The summed E-state index contributed by atoms with van der Waals surface area (Å²) in [5.41, 5.74) is 1.13. The number of amides is 1. The zero-order chi connectivity index (χ0) is 19.4. The minimum Gasteiger partial charge on any atom is -0.478 e. The molecule has 2 N–H and O–H groups in total. The number of carboxylic acids is 1. The van der Waals surface area contributed by atoms with E-state index in [-0.39, 0.29) is 21.8 Å². The number of benzene rings is 2. The van der Waals surface area contributed by atoms with Crippen molar-refractivity contribution in [1.29, 1.82) is 0 Å². The van der Waals surface area contributed by atoms with Crippen LogP contribution in [0.2, 0.25) is 5.02 Å². The minimum absolute atomic E-state index is 0.0407. The lowest BCUT2D eigenvalue weighted by molar-refractivity contribution is -0.119. The smallest absolute Gasteiger partial charge is 0.340 e. The second-order valence-electron chi connectivity index (χ2n) is 5.35. The molecule has 8 nitrogen and oxygen atoms in total. The number of nitrogens with zero attached hydrogens (tertiary/aromatic N) is 2. The van der Waals surface area contributed by atoms with Gasteiger partial charge in [-0.25, -0.2) is 9.59 Å². The van der Waals surface area contributed by atoms with E-state index in [1.165, 1.54) is 36.7 Å². The largest absolute Gasteiger partial charge is 0.478 e. The molecule has 0 fully saturated rings. The van der Waals surface area contributed by atoms with Gasteiger partial charge in [0.25, 0.3) is 5.91 Å². The number of esters is 1. The number of aromatic nitrogens is 2. The van der Waals surface area contributed by atoms with E-state index in [4.69, 9.17) is 21.4 Å². The quantitative estimate of drug-likeness (QED) is 0.648. The lowest BCUT2D eigenvalue weighted by Crippen LogP contribution is -2.21. The molecule has 3 aromatic rings. The summed E-state index contributed by atoms with van der Waals surface area (Å²) in [6.45, 7) is -0.580. The third-order valence-electron chi connectivity index (χ3n) is 3.54.